The number of amides is 1. The number of hydrogen-bond acceptors (Lipinski definition) is 4. The van der Waals surface area contributed by atoms with E-state index in [1.165, 1.54) is 17.7 Å². The fourth-order valence-corrected chi connectivity index (χ4v) is 4.95. The molecule has 162 valence electrons. The van der Waals surface area contributed by atoms with Gasteiger partial charge in [0.2, 0.25) is 5.91 Å². The summed E-state index contributed by atoms with van der Waals surface area (Å²) in [7, 11) is -3.71. The number of nitrogens with one attached hydrogen (secondary N) is 2. The van der Waals surface area contributed by atoms with E-state index in [1.54, 1.807) is 30.0 Å². The highest BCUT2D eigenvalue weighted by molar-refractivity contribution is 7.99. The minimum atomic E-state index is -3.71. The first kappa shape index (κ1) is 22.9. The van der Waals surface area contributed by atoms with Crippen LogP contribution in [-0.2, 0) is 14.8 Å². The van der Waals surface area contributed by atoms with Crippen LogP contribution in [0.15, 0.2) is 76.5 Å². The van der Waals surface area contributed by atoms with Crippen LogP contribution >= 0.6 is 11.8 Å². The Kier molecular flexibility index (Phi) is 7.41. The Morgan fingerprint density at radius 3 is 2.16 bits per heavy atom. The Bertz CT molecular complexity index is 1160. The number of benzene rings is 3. The van der Waals surface area contributed by atoms with E-state index in [-0.39, 0.29) is 10.8 Å². The van der Waals surface area contributed by atoms with Gasteiger partial charge in [0.15, 0.2) is 0 Å². The normalized spacial score (nSPS) is 11.2. The summed E-state index contributed by atoms with van der Waals surface area (Å²) < 4.78 is 28.0. The summed E-state index contributed by atoms with van der Waals surface area (Å²) in [5.41, 5.74) is 4.25. The fraction of sp³-hybridized carbons (Fsp3) is 0.208. The van der Waals surface area contributed by atoms with Crippen LogP contribution in [0.5, 0.6) is 0 Å². The molecule has 0 spiro atoms. The van der Waals surface area contributed by atoms with Gasteiger partial charge in [0.05, 0.1) is 10.6 Å². The Balaban J connectivity index is 1.55. The van der Waals surface area contributed by atoms with E-state index in [1.807, 2.05) is 57.2 Å². The number of aryl methyl sites for hydroxylation is 3. The molecule has 0 heterocycles. The first-order valence-corrected chi connectivity index (χ1v) is 12.4. The van der Waals surface area contributed by atoms with Crippen LogP contribution in [0.1, 0.15) is 23.1 Å². The summed E-state index contributed by atoms with van der Waals surface area (Å²) in [6, 6.07) is 19.9. The molecule has 0 atom stereocenters. The lowest BCUT2D eigenvalue weighted by Gasteiger charge is -2.12. The number of rotatable bonds is 8. The van der Waals surface area contributed by atoms with Crippen LogP contribution in [0.3, 0.4) is 0 Å². The molecule has 31 heavy (non-hydrogen) atoms. The first-order valence-electron chi connectivity index (χ1n) is 9.92. The monoisotopic (exact) mass is 454 g/mol. The first-order chi connectivity index (χ1) is 14.7. The zero-order chi connectivity index (χ0) is 22.4. The predicted octanol–water partition coefficient (Wildman–Crippen LogP) is 5.53. The Hall–Kier alpha value is -2.77. The molecule has 0 fully saturated rings. The number of carbonyl (C=O) groups is 1. The fourth-order valence-electron chi connectivity index (χ4n) is 2.97. The second-order valence-corrected chi connectivity index (χ2v) is 10.3. The van der Waals surface area contributed by atoms with Crippen molar-refractivity contribution in [3.63, 3.8) is 0 Å². The average Bonchev–Trinajstić information content (AvgIpc) is 2.72. The summed E-state index contributed by atoms with van der Waals surface area (Å²) in [4.78, 5) is 13.5. The van der Waals surface area contributed by atoms with Gasteiger partial charge >= 0.3 is 0 Å². The van der Waals surface area contributed by atoms with Gasteiger partial charge in [-0.15, -0.1) is 11.8 Å². The van der Waals surface area contributed by atoms with Crippen LogP contribution in [0.4, 0.5) is 11.4 Å². The van der Waals surface area contributed by atoms with Crippen molar-refractivity contribution in [1.29, 1.82) is 0 Å². The molecule has 7 heteroatoms. The van der Waals surface area contributed by atoms with Gasteiger partial charge in [-0.05, 0) is 68.8 Å². The Labute approximate surface area is 188 Å². The molecule has 0 aliphatic rings. The van der Waals surface area contributed by atoms with Crippen molar-refractivity contribution in [2.24, 2.45) is 0 Å². The summed E-state index contributed by atoms with van der Waals surface area (Å²) in [6.45, 7) is 5.86. The molecule has 0 aliphatic heterocycles. The van der Waals surface area contributed by atoms with E-state index in [2.05, 4.69) is 10.0 Å². The van der Waals surface area contributed by atoms with E-state index in [0.29, 0.717) is 23.5 Å². The maximum atomic E-state index is 12.7. The van der Waals surface area contributed by atoms with Crippen LogP contribution in [0, 0.1) is 20.8 Å². The van der Waals surface area contributed by atoms with Gasteiger partial charge in [-0.2, -0.15) is 0 Å². The van der Waals surface area contributed by atoms with E-state index < -0.39 is 10.0 Å². The van der Waals surface area contributed by atoms with Crippen molar-refractivity contribution in [3.05, 3.63) is 83.4 Å². The van der Waals surface area contributed by atoms with Gasteiger partial charge in [-0.25, -0.2) is 8.42 Å². The Morgan fingerprint density at radius 2 is 1.52 bits per heavy atom. The molecule has 0 unspecified atom stereocenters. The maximum Gasteiger partial charge on any atom is 0.261 e. The van der Waals surface area contributed by atoms with Crippen molar-refractivity contribution >= 4 is 39.1 Å². The van der Waals surface area contributed by atoms with Crippen molar-refractivity contribution < 1.29 is 13.2 Å². The van der Waals surface area contributed by atoms with Crippen LogP contribution < -0.4 is 10.0 Å². The number of sulfonamides is 1. The maximum absolute atomic E-state index is 12.7. The van der Waals surface area contributed by atoms with Crippen LogP contribution in [0.25, 0.3) is 0 Å². The molecule has 1 amide bonds. The van der Waals surface area contributed by atoms with Crippen molar-refractivity contribution in [1.82, 2.24) is 0 Å². The lowest BCUT2D eigenvalue weighted by atomic mass is 10.1. The molecule has 0 aromatic heterocycles. The molecule has 0 saturated carbocycles. The van der Waals surface area contributed by atoms with Crippen molar-refractivity contribution in [3.8, 4) is 0 Å². The van der Waals surface area contributed by atoms with E-state index >= 15 is 0 Å². The lowest BCUT2D eigenvalue weighted by Crippen LogP contribution is -2.15. The standard InChI is InChI=1S/C24H26N2O3S2/c1-17-4-9-21(10-5-17)30-15-14-24(27)25-20-7-11-22(12-8-20)31(28,29)26-23-13-6-18(2)16-19(23)3/h4-13,16,26H,14-15H2,1-3H3,(H,25,27). The number of anilines is 2. The molecule has 0 radical (unpaired) electrons. The lowest BCUT2D eigenvalue weighted by molar-refractivity contribution is -0.115. The zero-order valence-electron chi connectivity index (χ0n) is 17.8. The molecule has 2 N–H and O–H groups in total. The van der Waals surface area contributed by atoms with Crippen LogP contribution in [0.2, 0.25) is 0 Å². The molecule has 0 saturated heterocycles. The highest BCUT2D eigenvalue weighted by Crippen LogP contribution is 2.22. The molecule has 3 aromatic carbocycles. The van der Waals surface area contributed by atoms with Gasteiger partial charge in [0.1, 0.15) is 0 Å². The second kappa shape index (κ2) is 10.0. The molecule has 3 rings (SSSR count). The summed E-state index contributed by atoms with van der Waals surface area (Å²) >= 11 is 1.63. The topological polar surface area (TPSA) is 75.3 Å². The van der Waals surface area contributed by atoms with Gasteiger partial charge in [0.25, 0.3) is 10.0 Å². The minimum Gasteiger partial charge on any atom is -0.326 e. The SMILES string of the molecule is Cc1ccc(SCCC(=O)Nc2ccc(S(=O)(=O)Nc3ccc(C)cc3C)cc2)cc1. The predicted molar refractivity (Wildman–Crippen MR) is 128 cm³/mol. The van der Waals surface area contributed by atoms with E-state index in [0.717, 1.165) is 16.0 Å². The third-order valence-electron chi connectivity index (χ3n) is 4.69. The molecule has 3 aromatic rings. The zero-order valence-corrected chi connectivity index (χ0v) is 19.4. The summed E-state index contributed by atoms with van der Waals surface area (Å²) in [6.07, 6.45) is 0.368. The van der Waals surface area contributed by atoms with Gasteiger partial charge in [-0.1, -0.05) is 35.4 Å². The average molecular weight is 455 g/mol. The second-order valence-electron chi connectivity index (χ2n) is 7.41. The van der Waals surface area contributed by atoms with Gasteiger partial charge < -0.3 is 5.32 Å². The number of thioether (sulfide) groups is 1. The number of hydrogen-bond donors (Lipinski definition) is 2. The quantitative estimate of drug-likeness (QED) is 0.439. The van der Waals surface area contributed by atoms with Crippen molar-refractivity contribution in [2.75, 3.05) is 15.8 Å². The smallest absolute Gasteiger partial charge is 0.261 e. The third kappa shape index (κ3) is 6.60. The molecule has 0 bridgehead atoms. The molecular weight excluding hydrogens is 428 g/mol. The third-order valence-corrected chi connectivity index (χ3v) is 7.09. The minimum absolute atomic E-state index is 0.108. The summed E-state index contributed by atoms with van der Waals surface area (Å²) in [5, 5.41) is 2.81. The van der Waals surface area contributed by atoms with E-state index in [4.69, 9.17) is 0 Å². The number of carbonyl (C=O) groups excluding carboxylic acids is 1. The largest absolute Gasteiger partial charge is 0.326 e. The molecule has 5 nitrogen and oxygen atoms in total. The van der Waals surface area contributed by atoms with Crippen molar-refractivity contribution in [2.45, 2.75) is 37.0 Å². The van der Waals surface area contributed by atoms with Crippen LogP contribution in [-0.4, -0.2) is 20.1 Å². The molecular formula is C24H26N2O3S2. The van der Waals surface area contributed by atoms with Gasteiger partial charge in [0, 0.05) is 22.8 Å². The Morgan fingerprint density at radius 1 is 0.871 bits per heavy atom. The molecule has 0 aliphatic carbocycles. The highest BCUT2D eigenvalue weighted by Gasteiger charge is 2.15. The van der Waals surface area contributed by atoms with Gasteiger partial charge in [-0.3, -0.25) is 9.52 Å². The van der Waals surface area contributed by atoms with E-state index in [9.17, 15) is 13.2 Å². The summed E-state index contributed by atoms with van der Waals surface area (Å²) in [5.74, 6) is 0.560. The highest BCUT2D eigenvalue weighted by atomic mass is 32.2.